The molecule has 2 aromatic carbocycles. The van der Waals surface area contributed by atoms with Crippen LogP contribution in [-0.4, -0.2) is 52.3 Å². The molecule has 0 saturated carbocycles. The van der Waals surface area contributed by atoms with Gasteiger partial charge in [0.1, 0.15) is 24.9 Å². The molecule has 8 heteroatoms. The van der Waals surface area contributed by atoms with Crippen molar-refractivity contribution in [2.75, 3.05) is 32.9 Å². The Morgan fingerprint density at radius 2 is 1.87 bits per heavy atom. The van der Waals surface area contributed by atoms with Crippen LogP contribution in [0.2, 0.25) is 0 Å². The van der Waals surface area contributed by atoms with E-state index < -0.39 is 11.6 Å². The molecule has 0 amide bonds. The van der Waals surface area contributed by atoms with Crippen LogP contribution in [0.25, 0.3) is 11.0 Å². The molecule has 158 valence electrons. The van der Waals surface area contributed by atoms with Gasteiger partial charge in [-0.3, -0.25) is 10.1 Å². The molecule has 7 nitrogen and oxygen atoms in total. The number of halogens is 1. The van der Waals surface area contributed by atoms with Crippen LogP contribution in [0.15, 0.2) is 42.5 Å². The number of non-ortho nitro benzene ring substituents is 1. The molecule has 0 N–H and O–H groups in total. The quantitative estimate of drug-likeness (QED) is 0.393. The summed E-state index contributed by atoms with van der Waals surface area (Å²) >= 11 is 0. The fourth-order valence-corrected chi connectivity index (χ4v) is 3.96. The molecular weight excluding hydrogens is 387 g/mol. The van der Waals surface area contributed by atoms with E-state index in [1.165, 1.54) is 18.9 Å². The van der Waals surface area contributed by atoms with Gasteiger partial charge < -0.3 is 14.2 Å². The van der Waals surface area contributed by atoms with Crippen LogP contribution in [0.3, 0.4) is 0 Å². The van der Waals surface area contributed by atoms with E-state index in [4.69, 9.17) is 9.72 Å². The zero-order chi connectivity index (χ0) is 20.9. The van der Waals surface area contributed by atoms with E-state index in [0.717, 1.165) is 43.1 Å². The maximum absolute atomic E-state index is 12.3. The summed E-state index contributed by atoms with van der Waals surface area (Å²) in [7, 11) is 0. The number of nitro groups is 1. The van der Waals surface area contributed by atoms with E-state index in [-0.39, 0.29) is 12.3 Å². The Kier molecular flexibility index (Phi) is 6.23. The maximum Gasteiger partial charge on any atom is 0.271 e. The summed E-state index contributed by atoms with van der Waals surface area (Å²) in [5, 5.41) is 11.2. The Morgan fingerprint density at radius 1 is 1.10 bits per heavy atom. The van der Waals surface area contributed by atoms with Gasteiger partial charge in [-0.15, -0.1) is 0 Å². The molecular formula is C22H25FN4O3. The number of alkyl halides is 1. The second kappa shape index (κ2) is 9.21. The van der Waals surface area contributed by atoms with Crippen molar-refractivity contribution in [2.45, 2.75) is 25.8 Å². The number of nitrogens with zero attached hydrogens (tertiary/aromatic N) is 4. The first-order valence-electron chi connectivity index (χ1n) is 10.3. The van der Waals surface area contributed by atoms with Gasteiger partial charge in [0.25, 0.3) is 5.69 Å². The molecule has 0 spiro atoms. The highest BCUT2D eigenvalue weighted by atomic mass is 19.1. The van der Waals surface area contributed by atoms with Crippen molar-refractivity contribution < 1.29 is 14.1 Å². The van der Waals surface area contributed by atoms with Crippen LogP contribution in [0.4, 0.5) is 10.1 Å². The predicted octanol–water partition coefficient (Wildman–Crippen LogP) is 3.98. The highest BCUT2D eigenvalue weighted by Crippen LogP contribution is 2.24. The summed E-state index contributed by atoms with van der Waals surface area (Å²) < 4.78 is 19.7. The Morgan fingerprint density at radius 3 is 2.57 bits per heavy atom. The number of benzene rings is 2. The van der Waals surface area contributed by atoms with Crippen molar-refractivity contribution in [2.24, 2.45) is 0 Å². The number of hydrogen-bond acceptors (Lipinski definition) is 5. The maximum atomic E-state index is 12.3. The fourth-order valence-electron chi connectivity index (χ4n) is 3.96. The lowest BCUT2D eigenvalue weighted by Crippen LogP contribution is -2.24. The molecule has 0 bridgehead atoms. The average Bonchev–Trinajstić information content (AvgIpc) is 3.38. The minimum atomic E-state index is -0.519. The van der Waals surface area contributed by atoms with Gasteiger partial charge in [0, 0.05) is 31.6 Å². The van der Waals surface area contributed by atoms with Gasteiger partial charge in [0.05, 0.1) is 16.0 Å². The standard InChI is InChI=1S/C22H25FN4O3/c23-9-14-30-19-6-3-17(4-7-19)15-22-24-20-16-18(27(28)29)5-8-21(20)26(22)13-12-25-10-1-2-11-25/h3-8,16H,1-2,9-15H2. The molecule has 0 atom stereocenters. The van der Waals surface area contributed by atoms with Crippen LogP contribution >= 0.6 is 0 Å². The molecule has 1 saturated heterocycles. The lowest BCUT2D eigenvalue weighted by Gasteiger charge is -2.16. The molecule has 30 heavy (non-hydrogen) atoms. The normalized spacial score (nSPS) is 14.4. The zero-order valence-electron chi connectivity index (χ0n) is 16.8. The largest absolute Gasteiger partial charge is 0.491 e. The smallest absolute Gasteiger partial charge is 0.271 e. The number of likely N-dealkylation sites (tertiary alicyclic amines) is 1. The van der Waals surface area contributed by atoms with Crippen molar-refractivity contribution in [1.29, 1.82) is 0 Å². The Balaban J connectivity index is 1.60. The fraction of sp³-hybridized carbons (Fsp3) is 0.409. The zero-order valence-corrected chi connectivity index (χ0v) is 16.8. The molecule has 0 aliphatic carbocycles. The van der Waals surface area contributed by atoms with E-state index in [0.29, 0.717) is 17.7 Å². The average molecular weight is 412 g/mol. The Bertz CT molecular complexity index is 1010. The second-order valence-electron chi connectivity index (χ2n) is 7.52. The highest BCUT2D eigenvalue weighted by molar-refractivity contribution is 5.78. The summed E-state index contributed by atoms with van der Waals surface area (Å²) in [6.07, 6.45) is 3.08. The summed E-state index contributed by atoms with van der Waals surface area (Å²) in [4.78, 5) is 17.9. The number of fused-ring (bicyclic) bond motifs is 1. The number of nitro benzene ring substituents is 1. The SMILES string of the molecule is O=[N+]([O-])c1ccc2c(c1)nc(Cc1ccc(OCCF)cc1)n2CCN1CCCC1. The lowest BCUT2D eigenvalue weighted by molar-refractivity contribution is -0.384. The van der Waals surface area contributed by atoms with Crippen LogP contribution in [-0.2, 0) is 13.0 Å². The van der Waals surface area contributed by atoms with Crippen LogP contribution in [0.5, 0.6) is 5.75 Å². The highest BCUT2D eigenvalue weighted by Gasteiger charge is 2.17. The summed E-state index contributed by atoms with van der Waals surface area (Å²) in [6, 6.07) is 12.4. The predicted molar refractivity (Wildman–Crippen MR) is 113 cm³/mol. The number of hydrogen-bond donors (Lipinski definition) is 0. The first-order chi connectivity index (χ1) is 14.6. The topological polar surface area (TPSA) is 73.4 Å². The van der Waals surface area contributed by atoms with Crippen LogP contribution < -0.4 is 4.74 Å². The Labute approximate surface area is 174 Å². The van der Waals surface area contributed by atoms with Gasteiger partial charge in [0.2, 0.25) is 0 Å². The molecule has 1 aliphatic heterocycles. The van der Waals surface area contributed by atoms with E-state index in [1.807, 2.05) is 24.3 Å². The van der Waals surface area contributed by atoms with Gasteiger partial charge >= 0.3 is 0 Å². The van der Waals surface area contributed by atoms with Crippen molar-refractivity contribution >= 4 is 16.7 Å². The summed E-state index contributed by atoms with van der Waals surface area (Å²) in [6.45, 7) is 3.49. The number of imidazole rings is 1. The van der Waals surface area contributed by atoms with Gasteiger partial charge in [-0.1, -0.05) is 12.1 Å². The van der Waals surface area contributed by atoms with Gasteiger partial charge in [0.15, 0.2) is 0 Å². The van der Waals surface area contributed by atoms with Crippen LogP contribution in [0, 0.1) is 10.1 Å². The molecule has 2 heterocycles. The summed E-state index contributed by atoms with van der Waals surface area (Å²) in [5.41, 5.74) is 2.66. The third-order valence-electron chi connectivity index (χ3n) is 5.49. The third-order valence-corrected chi connectivity index (χ3v) is 5.49. The lowest BCUT2D eigenvalue weighted by atomic mass is 10.1. The van der Waals surface area contributed by atoms with Gasteiger partial charge in [-0.2, -0.15) is 0 Å². The summed E-state index contributed by atoms with van der Waals surface area (Å²) in [5.74, 6) is 1.51. The van der Waals surface area contributed by atoms with E-state index in [2.05, 4.69) is 9.47 Å². The molecule has 1 aliphatic rings. The van der Waals surface area contributed by atoms with E-state index in [9.17, 15) is 14.5 Å². The number of rotatable bonds is 9. The minimum Gasteiger partial charge on any atom is -0.491 e. The van der Waals surface area contributed by atoms with Crippen molar-refractivity contribution in [1.82, 2.24) is 14.5 Å². The van der Waals surface area contributed by atoms with Crippen molar-refractivity contribution in [3.8, 4) is 5.75 Å². The molecule has 0 radical (unpaired) electrons. The first kappa shape index (κ1) is 20.3. The van der Waals surface area contributed by atoms with E-state index >= 15 is 0 Å². The second-order valence-corrected chi connectivity index (χ2v) is 7.52. The van der Waals surface area contributed by atoms with E-state index in [1.54, 1.807) is 12.1 Å². The molecule has 3 aromatic rings. The van der Waals surface area contributed by atoms with Crippen molar-refractivity contribution in [3.05, 3.63) is 64.0 Å². The van der Waals surface area contributed by atoms with Gasteiger partial charge in [-0.05, 0) is 49.7 Å². The van der Waals surface area contributed by atoms with Gasteiger partial charge in [-0.25, -0.2) is 9.37 Å². The van der Waals surface area contributed by atoms with Crippen LogP contribution in [0.1, 0.15) is 24.2 Å². The first-order valence-corrected chi connectivity index (χ1v) is 10.3. The molecule has 1 aromatic heterocycles. The Hall–Kier alpha value is -3.00. The number of aromatic nitrogens is 2. The van der Waals surface area contributed by atoms with Crippen molar-refractivity contribution in [3.63, 3.8) is 0 Å². The molecule has 0 unspecified atom stereocenters. The molecule has 4 rings (SSSR count). The minimum absolute atomic E-state index is 0.0461. The third kappa shape index (κ3) is 4.59. The monoisotopic (exact) mass is 412 g/mol. The number of ether oxygens (including phenoxy) is 1. The molecule has 1 fully saturated rings.